The van der Waals surface area contributed by atoms with E-state index in [1.54, 1.807) is 13.8 Å². The summed E-state index contributed by atoms with van der Waals surface area (Å²) < 4.78 is 29.4. The minimum absolute atomic E-state index is 0.0444. The minimum Gasteiger partial charge on any atom is -0.387 e. The Morgan fingerprint density at radius 2 is 1.97 bits per heavy atom. The van der Waals surface area contributed by atoms with Crippen molar-refractivity contribution in [3.05, 3.63) is 16.7 Å². The molecule has 3 rings (SSSR count). The van der Waals surface area contributed by atoms with Gasteiger partial charge in [-0.15, -0.1) is 0 Å². The summed E-state index contributed by atoms with van der Waals surface area (Å²) in [6.07, 6.45) is -2.66. The average molecular weight is 445 g/mol. The highest BCUT2D eigenvalue weighted by Crippen LogP contribution is 2.49. The molecule has 14 heteroatoms. The van der Waals surface area contributed by atoms with E-state index in [-0.39, 0.29) is 30.3 Å². The molecule has 1 aliphatic carbocycles. The van der Waals surface area contributed by atoms with Crippen LogP contribution in [0.15, 0.2) is 11.1 Å². The summed E-state index contributed by atoms with van der Waals surface area (Å²) in [4.78, 5) is 35.2. The van der Waals surface area contributed by atoms with Crippen LogP contribution < -0.4 is 11.3 Å². The van der Waals surface area contributed by atoms with Gasteiger partial charge in [-0.3, -0.25) is 19.1 Å². The number of Topliss-reactive ketones (excluding diaryl/α,β-unsaturated/α-hetero) is 1. The van der Waals surface area contributed by atoms with Crippen LogP contribution in [0, 0.1) is 0 Å². The van der Waals surface area contributed by atoms with Gasteiger partial charge < -0.3 is 34.3 Å². The number of nitrogen functional groups attached to an aromatic ring is 1. The van der Waals surface area contributed by atoms with Gasteiger partial charge in [0.25, 0.3) is 5.56 Å². The average Bonchev–Trinajstić information content (AvgIpc) is 3.12. The Balaban J connectivity index is 1.94. The van der Waals surface area contributed by atoms with E-state index < -0.39 is 49.1 Å². The van der Waals surface area contributed by atoms with Crippen LogP contribution in [0.3, 0.4) is 0 Å². The first-order chi connectivity index (χ1) is 14.1. The van der Waals surface area contributed by atoms with E-state index >= 15 is 0 Å². The van der Waals surface area contributed by atoms with Crippen LogP contribution in [-0.2, 0) is 23.1 Å². The number of ether oxygens (including phenoxy) is 1. The number of anilines is 1. The maximum absolute atomic E-state index is 13.1. The summed E-state index contributed by atoms with van der Waals surface area (Å²) in [5.41, 5.74) is 2.80. The highest BCUT2D eigenvalue weighted by atomic mass is 31.2. The molecular weight excluding hydrogens is 421 g/mol. The summed E-state index contributed by atoms with van der Waals surface area (Å²) >= 11 is 0. The van der Waals surface area contributed by atoms with E-state index in [2.05, 4.69) is 15.0 Å². The summed E-state index contributed by atoms with van der Waals surface area (Å²) in [6.45, 7) is 4.64. The molecule has 5 N–H and O–H groups in total. The van der Waals surface area contributed by atoms with Gasteiger partial charge in [-0.25, -0.2) is 4.98 Å². The Labute approximate surface area is 170 Å². The lowest BCUT2D eigenvalue weighted by molar-refractivity contribution is -0.132. The van der Waals surface area contributed by atoms with Gasteiger partial charge in [0.1, 0.15) is 30.2 Å². The molecule has 0 unspecified atom stereocenters. The number of H-pyrrole nitrogens is 1. The van der Waals surface area contributed by atoms with E-state index in [1.165, 1.54) is 6.92 Å². The van der Waals surface area contributed by atoms with Gasteiger partial charge in [0.05, 0.1) is 19.5 Å². The maximum Gasteiger partial charge on any atom is 0.356 e. The molecule has 0 aromatic carbocycles. The normalized spacial score (nSPS) is 27.2. The van der Waals surface area contributed by atoms with Crippen molar-refractivity contribution in [2.45, 2.75) is 44.6 Å². The summed E-state index contributed by atoms with van der Waals surface area (Å²) in [6, 6.07) is -1.39. The second kappa shape index (κ2) is 8.17. The number of rotatable bonds is 8. The number of imidazole rings is 1. The van der Waals surface area contributed by atoms with Gasteiger partial charge in [0, 0.05) is 0 Å². The van der Waals surface area contributed by atoms with E-state index in [9.17, 15) is 24.4 Å². The summed E-state index contributed by atoms with van der Waals surface area (Å²) in [5, 5.41) is 21.5. The molecule has 2 aromatic heterocycles. The van der Waals surface area contributed by atoms with Crippen LogP contribution >= 0.6 is 7.60 Å². The SMILES string of the molecule is CCOP(=O)(CO[C@H]1C(=O)[C@@H](n2cnc3c(=O)[nH]c(N)nc32)[C@](C)(O)[C@H]1O)OCC. The molecule has 13 nitrogen and oxygen atoms in total. The van der Waals surface area contributed by atoms with Crippen molar-refractivity contribution in [1.82, 2.24) is 19.5 Å². The molecule has 30 heavy (non-hydrogen) atoms. The van der Waals surface area contributed by atoms with Crippen molar-refractivity contribution < 1.29 is 33.4 Å². The number of carbonyl (C=O) groups excluding carboxylic acids is 1. The Hall–Kier alpha value is -2.15. The Morgan fingerprint density at radius 1 is 1.33 bits per heavy atom. The number of aliphatic hydroxyl groups excluding tert-OH is 1. The molecule has 2 aromatic rings. The summed E-state index contributed by atoms with van der Waals surface area (Å²) in [5.74, 6) is -0.936. The molecule has 0 amide bonds. The third-order valence-corrected chi connectivity index (χ3v) is 6.55. The van der Waals surface area contributed by atoms with Crippen LogP contribution in [0.1, 0.15) is 26.8 Å². The van der Waals surface area contributed by atoms with Crippen LogP contribution in [0.4, 0.5) is 5.95 Å². The van der Waals surface area contributed by atoms with Crippen LogP contribution in [0.25, 0.3) is 11.2 Å². The van der Waals surface area contributed by atoms with E-state index in [4.69, 9.17) is 19.5 Å². The minimum atomic E-state index is -3.66. The van der Waals surface area contributed by atoms with Gasteiger partial charge in [-0.1, -0.05) is 0 Å². The molecule has 0 saturated heterocycles. The highest BCUT2D eigenvalue weighted by molar-refractivity contribution is 7.53. The van der Waals surface area contributed by atoms with Crippen LogP contribution in [-0.4, -0.2) is 72.9 Å². The van der Waals surface area contributed by atoms with Crippen molar-refractivity contribution in [2.75, 3.05) is 25.3 Å². The number of carbonyl (C=O) groups is 1. The van der Waals surface area contributed by atoms with Crippen LogP contribution in [0.5, 0.6) is 0 Å². The zero-order valence-corrected chi connectivity index (χ0v) is 17.5. The predicted octanol–water partition coefficient (Wildman–Crippen LogP) is -0.454. The number of aromatic amines is 1. The second-order valence-electron chi connectivity index (χ2n) is 6.91. The predicted molar refractivity (Wildman–Crippen MR) is 104 cm³/mol. The number of aliphatic hydroxyl groups is 2. The van der Waals surface area contributed by atoms with E-state index in [1.807, 2.05) is 0 Å². The number of nitrogens with zero attached hydrogens (tertiary/aromatic N) is 3. The molecule has 166 valence electrons. The van der Waals surface area contributed by atoms with Gasteiger partial charge in [-0.2, -0.15) is 4.98 Å². The zero-order valence-electron chi connectivity index (χ0n) is 16.6. The quantitative estimate of drug-likeness (QED) is 0.385. The van der Waals surface area contributed by atoms with Crippen molar-refractivity contribution in [2.24, 2.45) is 0 Å². The van der Waals surface area contributed by atoms with Gasteiger partial charge in [-0.05, 0) is 20.8 Å². The molecule has 1 aliphatic rings. The van der Waals surface area contributed by atoms with E-state index in [0.717, 1.165) is 10.9 Å². The zero-order chi connectivity index (χ0) is 22.3. The third kappa shape index (κ3) is 3.80. The fourth-order valence-corrected chi connectivity index (χ4v) is 4.82. The Morgan fingerprint density at radius 3 is 2.57 bits per heavy atom. The lowest BCUT2D eigenvalue weighted by atomic mass is 9.98. The van der Waals surface area contributed by atoms with Crippen molar-refractivity contribution in [3.8, 4) is 0 Å². The van der Waals surface area contributed by atoms with Crippen molar-refractivity contribution in [3.63, 3.8) is 0 Å². The monoisotopic (exact) mass is 445 g/mol. The third-order valence-electron chi connectivity index (χ3n) is 4.78. The smallest absolute Gasteiger partial charge is 0.356 e. The lowest BCUT2D eigenvalue weighted by Crippen LogP contribution is -2.44. The highest BCUT2D eigenvalue weighted by Gasteiger charge is 2.59. The number of hydrogen-bond acceptors (Lipinski definition) is 11. The largest absolute Gasteiger partial charge is 0.387 e. The van der Waals surface area contributed by atoms with E-state index in [0.29, 0.717) is 0 Å². The number of fused-ring (bicyclic) bond motifs is 1. The van der Waals surface area contributed by atoms with Crippen molar-refractivity contribution >= 4 is 30.5 Å². The number of aromatic nitrogens is 4. The molecule has 0 aliphatic heterocycles. The van der Waals surface area contributed by atoms with Gasteiger partial charge in [0.2, 0.25) is 5.95 Å². The van der Waals surface area contributed by atoms with Gasteiger partial charge >= 0.3 is 7.60 Å². The lowest BCUT2D eigenvalue weighted by Gasteiger charge is -2.28. The first-order valence-electron chi connectivity index (χ1n) is 9.22. The molecule has 0 spiro atoms. The second-order valence-corrected chi connectivity index (χ2v) is 8.91. The van der Waals surface area contributed by atoms with Gasteiger partial charge in [0.15, 0.2) is 16.9 Å². The van der Waals surface area contributed by atoms with Crippen LogP contribution in [0.2, 0.25) is 0 Å². The van der Waals surface area contributed by atoms with Crippen molar-refractivity contribution in [1.29, 1.82) is 0 Å². The molecular formula is C16H24N5O8P. The number of nitrogens with two attached hydrogens (primary N) is 1. The standard InChI is InChI=1S/C16H24N5O8P/c1-4-28-30(26,29-5-2)7-27-10-9(22)11(16(3,25)12(10)23)21-6-18-8-13(21)19-15(17)20-14(8)24/h6,10-12,23,25H,4-5,7H2,1-3H3,(H3,17,19,20,24)/t10-,11+,12-,16-/m0/s1. The topological polar surface area (TPSA) is 192 Å². The maximum atomic E-state index is 13.1. The molecule has 1 saturated carbocycles. The molecule has 0 radical (unpaired) electrons. The number of nitrogens with one attached hydrogen (secondary N) is 1. The first kappa shape index (κ1) is 22.5. The fraction of sp³-hybridized carbons (Fsp3) is 0.625. The molecule has 2 heterocycles. The number of hydrogen-bond donors (Lipinski definition) is 4. The Kier molecular flexibility index (Phi) is 6.14. The molecule has 0 bridgehead atoms. The first-order valence-corrected chi connectivity index (χ1v) is 10.9. The Bertz CT molecular complexity index is 1040. The fourth-order valence-electron chi connectivity index (χ4n) is 3.47. The molecule has 4 atom stereocenters. The molecule has 1 fully saturated rings. The summed E-state index contributed by atoms with van der Waals surface area (Å²) in [7, 11) is -3.66. The number of ketones is 1.